The molecule has 1 aromatic carbocycles. The zero-order valence-corrected chi connectivity index (χ0v) is 14.1. The SMILES string of the molecule is C/C=C/CO[C@@H]1[C@H]2OC(C)(C)O[C@H]2O[C@@H]1/C=[N+](\[O-])c1ccccc1. The first-order valence-corrected chi connectivity index (χ1v) is 8.10. The average molecular weight is 333 g/mol. The molecule has 2 aliphatic heterocycles. The topological polar surface area (TPSA) is 63.0 Å². The molecule has 24 heavy (non-hydrogen) atoms. The predicted molar refractivity (Wildman–Crippen MR) is 89.0 cm³/mol. The summed E-state index contributed by atoms with van der Waals surface area (Å²) in [5, 5.41) is 12.4. The largest absolute Gasteiger partial charge is 0.618 e. The van der Waals surface area contributed by atoms with E-state index in [4.69, 9.17) is 18.9 Å². The standard InChI is InChI=1S/C18H23NO5/c1-4-5-11-21-15-14(12-19(20)13-9-7-6-8-10-13)22-17-16(15)23-18(2,3)24-17/h4-10,12,14-17H,11H2,1-3H3/b5-4+,19-12-/t14-,15+,16-,17-/m1/s1. The number of allylic oxidation sites excluding steroid dienone is 1. The molecule has 4 atom stereocenters. The normalized spacial score (nSPS) is 32.4. The summed E-state index contributed by atoms with van der Waals surface area (Å²) in [5.41, 5.74) is 0.535. The Kier molecular flexibility index (Phi) is 5.01. The lowest BCUT2D eigenvalue weighted by atomic mass is 10.1. The fourth-order valence-electron chi connectivity index (χ4n) is 2.87. The van der Waals surface area contributed by atoms with E-state index in [2.05, 4.69) is 0 Å². The van der Waals surface area contributed by atoms with E-state index in [0.717, 1.165) is 4.74 Å². The molecule has 2 aliphatic rings. The first-order valence-electron chi connectivity index (χ1n) is 8.10. The van der Waals surface area contributed by atoms with Gasteiger partial charge in [-0.1, -0.05) is 30.4 Å². The minimum atomic E-state index is -0.723. The minimum Gasteiger partial charge on any atom is -0.618 e. The van der Waals surface area contributed by atoms with Crippen LogP contribution in [-0.2, 0) is 18.9 Å². The van der Waals surface area contributed by atoms with Gasteiger partial charge in [-0.3, -0.25) is 0 Å². The highest BCUT2D eigenvalue weighted by Crippen LogP contribution is 2.38. The van der Waals surface area contributed by atoms with Gasteiger partial charge in [-0.25, -0.2) is 0 Å². The fraction of sp³-hybridized carbons (Fsp3) is 0.500. The molecule has 3 rings (SSSR count). The molecule has 2 fully saturated rings. The van der Waals surface area contributed by atoms with Crippen molar-refractivity contribution in [3.8, 4) is 0 Å². The summed E-state index contributed by atoms with van der Waals surface area (Å²) in [6, 6.07) is 8.97. The maximum Gasteiger partial charge on any atom is 0.216 e. The zero-order chi connectivity index (χ0) is 17.2. The Balaban J connectivity index is 1.78. The number of ether oxygens (including phenoxy) is 4. The van der Waals surface area contributed by atoms with Gasteiger partial charge in [0.25, 0.3) is 0 Å². The Morgan fingerprint density at radius 2 is 2.00 bits per heavy atom. The minimum absolute atomic E-state index is 0.365. The molecule has 2 saturated heterocycles. The molecule has 0 spiro atoms. The summed E-state index contributed by atoms with van der Waals surface area (Å²) >= 11 is 0. The number of fused-ring (bicyclic) bond motifs is 1. The van der Waals surface area contributed by atoms with Crippen LogP contribution in [0.4, 0.5) is 5.69 Å². The summed E-state index contributed by atoms with van der Waals surface area (Å²) in [5.74, 6) is -0.723. The van der Waals surface area contributed by atoms with E-state index in [1.165, 1.54) is 6.21 Å². The van der Waals surface area contributed by atoms with Gasteiger partial charge >= 0.3 is 0 Å². The van der Waals surface area contributed by atoms with Gasteiger partial charge in [0.2, 0.25) is 5.69 Å². The van der Waals surface area contributed by atoms with Gasteiger partial charge in [0, 0.05) is 12.1 Å². The van der Waals surface area contributed by atoms with Gasteiger partial charge in [-0.15, -0.1) is 0 Å². The Morgan fingerprint density at radius 3 is 2.71 bits per heavy atom. The van der Waals surface area contributed by atoms with E-state index < -0.39 is 24.3 Å². The monoisotopic (exact) mass is 333 g/mol. The van der Waals surface area contributed by atoms with Gasteiger partial charge < -0.3 is 24.2 Å². The van der Waals surface area contributed by atoms with Gasteiger partial charge in [0.1, 0.15) is 12.2 Å². The van der Waals surface area contributed by atoms with Crippen LogP contribution in [0.25, 0.3) is 0 Å². The maximum atomic E-state index is 12.4. The number of hydrogen-bond acceptors (Lipinski definition) is 5. The molecule has 0 unspecified atom stereocenters. The highest BCUT2D eigenvalue weighted by molar-refractivity contribution is 5.61. The Labute approximate surface area is 141 Å². The number of rotatable bonds is 5. The third-order valence-corrected chi connectivity index (χ3v) is 3.94. The van der Waals surface area contributed by atoms with Crippen molar-refractivity contribution in [2.75, 3.05) is 6.61 Å². The molecule has 0 saturated carbocycles. The molecule has 6 heteroatoms. The van der Waals surface area contributed by atoms with Crippen LogP contribution >= 0.6 is 0 Å². The Hall–Kier alpha value is -1.73. The van der Waals surface area contributed by atoms with Gasteiger partial charge in [0.05, 0.1) is 6.61 Å². The number of para-hydroxylation sites is 1. The van der Waals surface area contributed by atoms with Crippen LogP contribution in [0, 0.1) is 5.21 Å². The quantitative estimate of drug-likeness (QED) is 0.273. The lowest BCUT2D eigenvalue weighted by Crippen LogP contribution is -2.38. The van der Waals surface area contributed by atoms with Crippen LogP contribution in [-0.4, -0.2) is 47.9 Å². The molecule has 0 amide bonds. The highest BCUT2D eigenvalue weighted by atomic mass is 16.8. The molecule has 1 aromatic rings. The average Bonchev–Trinajstić information content (AvgIpc) is 3.01. The lowest BCUT2D eigenvalue weighted by Gasteiger charge is -2.23. The van der Waals surface area contributed by atoms with Crippen LogP contribution in [0.1, 0.15) is 20.8 Å². The van der Waals surface area contributed by atoms with Crippen molar-refractivity contribution in [2.45, 2.75) is 51.2 Å². The van der Waals surface area contributed by atoms with Gasteiger partial charge in [-0.2, -0.15) is 4.74 Å². The molecule has 6 nitrogen and oxygen atoms in total. The number of hydrogen-bond donors (Lipinski definition) is 0. The van der Waals surface area contributed by atoms with E-state index in [-0.39, 0.29) is 6.10 Å². The molecule has 130 valence electrons. The van der Waals surface area contributed by atoms with E-state index in [1.807, 2.05) is 51.1 Å². The molecule has 0 N–H and O–H groups in total. The smallest absolute Gasteiger partial charge is 0.216 e. The van der Waals surface area contributed by atoms with Crippen molar-refractivity contribution >= 4 is 11.9 Å². The van der Waals surface area contributed by atoms with Crippen LogP contribution < -0.4 is 0 Å². The number of nitrogens with zero attached hydrogens (tertiary/aromatic N) is 1. The fourth-order valence-corrected chi connectivity index (χ4v) is 2.87. The summed E-state index contributed by atoms with van der Waals surface area (Å²) in [4.78, 5) is 0. The third-order valence-electron chi connectivity index (χ3n) is 3.94. The second-order valence-corrected chi connectivity index (χ2v) is 6.25. The highest BCUT2D eigenvalue weighted by Gasteiger charge is 2.56. The second-order valence-electron chi connectivity index (χ2n) is 6.25. The molecule has 0 radical (unpaired) electrons. The predicted octanol–water partition coefficient (Wildman–Crippen LogP) is 2.74. The summed E-state index contributed by atoms with van der Waals surface area (Å²) in [6.07, 6.45) is 3.42. The van der Waals surface area contributed by atoms with Crippen LogP contribution in [0.15, 0.2) is 42.5 Å². The summed E-state index contributed by atoms with van der Waals surface area (Å²) in [7, 11) is 0. The van der Waals surface area contributed by atoms with Crippen molar-refractivity contribution in [1.29, 1.82) is 0 Å². The zero-order valence-electron chi connectivity index (χ0n) is 14.1. The van der Waals surface area contributed by atoms with Crippen molar-refractivity contribution in [3.63, 3.8) is 0 Å². The maximum absolute atomic E-state index is 12.4. The Bertz CT molecular complexity index is 613. The Morgan fingerprint density at radius 1 is 1.25 bits per heavy atom. The van der Waals surface area contributed by atoms with Gasteiger partial charge in [0.15, 0.2) is 24.4 Å². The van der Waals surface area contributed by atoms with Crippen molar-refractivity contribution in [2.24, 2.45) is 0 Å². The van der Waals surface area contributed by atoms with Crippen molar-refractivity contribution in [1.82, 2.24) is 0 Å². The first kappa shape index (κ1) is 17.1. The molecule has 0 bridgehead atoms. The van der Waals surface area contributed by atoms with E-state index in [0.29, 0.717) is 12.3 Å². The second kappa shape index (κ2) is 7.03. The summed E-state index contributed by atoms with van der Waals surface area (Å²) in [6.45, 7) is 6.01. The lowest BCUT2D eigenvalue weighted by molar-refractivity contribution is -0.361. The molecule has 0 aromatic heterocycles. The molecule has 0 aliphatic carbocycles. The van der Waals surface area contributed by atoms with E-state index in [1.54, 1.807) is 12.1 Å². The van der Waals surface area contributed by atoms with Crippen LogP contribution in [0.5, 0.6) is 0 Å². The van der Waals surface area contributed by atoms with E-state index >= 15 is 0 Å². The van der Waals surface area contributed by atoms with Crippen LogP contribution in [0.2, 0.25) is 0 Å². The molecule has 2 heterocycles. The first-order chi connectivity index (χ1) is 11.5. The molecular weight excluding hydrogens is 310 g/mol. The van der Waals surface area contributed by atoms with Gasteiger partial charge in [-0.05, 0) is 20.8 Å². The third kappa shape index (κ3) is 3.67. The summed E-state index contributed by atoms with van der Waals surface area (Å²) < 4.78 is 24.2. The van der Waals surface area contributed by atoms with Crippen molar-refractivity contribution in [3.05, 3.63) is 47.7 Å². The van der Waals surface area contributed by atoms with E-state index in [9.17, 15) is 5.21 Å². The van der Waals surface area contributed by atoms with Crippen molar-refractivity contribution < 1.29 is 23.7 Å². The molecular formula is C18H23NO5. The number of benzene rings is 1. The van der Waals surface area contributed by atoms with Crippen LogP contribution in [0.3, 0.4) is 0 Å².